The van der Waals surface area contributed by atoms with Crippen molar-refractivity contribution in [2.75, 3.05) is 5.32 Å². The Morgan fingerprint density at radius 3 is 3.07 bits per heavy atom. The molecule has 0 aromatic heterocycles. The molecule has 0 aliphatic carbocycles. The van der Waals surface area contributed by atoms with Crippen molar-refractivity contribution < 1.29 is 0 Å². The Hall–Kier alpha value is -0.210. The number of benzene rings is 1. The summed E-state index contributed by atoms with van der Waals surface area (Å²) in [4.78, 5) is 0. The van der Waals surface area contributed by atoms with Gasteiger partial charge in [-0.25, -0.2) is 0 Å². The van der Waals surface area contributed by atoms with Crippen molar-refractivity contribution in [2.24, 2.45) is 0 Å². The van der Waals surface area contributed by atoms with E-state index in [1.165, 1.54) is 24.1 Å². The van der Waals surface area contributed by atoms with Gasteiger partial charge in [-0.05, 0) is 52.9 Å². The molecule has 1 atom stereocenters. The maximum Gasteiger partial charge on any atom is 0.0520 e. The highest BCUT2D eigenvalue weighted by atomic mass is 79.9. The van der Waals surface area contributed by atoms with Crippen molar-refractivity contribution in [3.63, 3.8) is 0 Å². The molecule has 1 aromatic carbocycles. The fourth-order valence-electron chi connectivity index (χ4n) is 1.90. The van der Waals surface area contributed by atoms with Crippen LogP contribution in [-0.4, -0.2) is 6.04 Å². The molecule has 2 rings (SSSR count). The van der Waals surface area contributed by atoms with Crippen LogP contribution in [0.5, 0.6) is 0 Å². The van der Waals surface area contributed by atoms with Crippen molar-refractivity contribution in [3.8, 4) is 0 Å². The second-order valence-electron chi connectivity index (χ2n) is 3.71. The van der Waals surface area contributed by atoms with Crippen LogP contribution in [0.3, 0.4) is 0 Å². The lowest BCUT2D eigenvalue weighted by atomic mass is 9.97. The molecule has 0 bridgehead atoms. The van der Waals surface area contributed by atoms with E-state index in [-0.39, 0.29) is 0 Å². The lowest BCUT2D eigenvalue weighted by molar-refractivity contribution is 0.613. The predicted octanol–water partition coefficient (Wildman–Crippen LogP) is 4.24. The molecule has 1 aliphatic heterocycles. The first-order chi connectivity index (χ1) is 6.70. The molecule has 1 heterocycles. The van der Waals surface area contributed by atoms with Gasteiger partial charge in [0.25, 0.3) is 0 Å². The molecule has 0 amide bonds. The third kappa shape index (κ3) is 1.91. The summed E-state index contributed by atoms with van der Waals surface area (Å²) in [6.07, 6.45) is 3.50. The summed E-state index contributed by atoms with van der Waals surface area (Å²) in [6, 6.07) is 4.62. The molecule has 0 fully saturated rings. The predicted molar refractivity (Wildman–Crippen MR) is 65.2 cm³/mol. The average Bonchev–Trinajstić information content (AvgIpc) is 2.17. The third-order valence-electron chi connectivity index (χ3n) is 2.74. The number of rotatable bonds is 1. The molecule has 1 aliphatic rings. The van der Waals surface area contributed by atoms with Crippen molar-refractivity contribution >= 4 is 33.2 Å². The fourth-order valence-corrected chi connectivity index (χ4v) is 2.89. The number of hydrogen-bond donors (Lipinski definition) is 1. The molecule has 1 N–H and O–H groups in total. The van der Waals surface area contributed by atoms with Crippen molar-refractivity contribution in [1.29, 1.82) is 0 Å². The number of hydrogen-bond acceptors (Lipinski definition) is 1. The third-order valence-corrected chi connectivity index (χ3v) is 3.58. The van der Waals surface area contributed by atoms with Gasteiger partial charge in [0, 0.05) is 15.5 Å². The van der Waals surface area contributed by atoms with Crippen LogP contribution in [-0.2, 0) is 6.42 Å². The maximum atomic E-state index is 5.99. The molecular weight excluding hydrogens is 261 g/mol. The molecule has 0 spiro atoms. The topological polar surface area (TPSA) is 12.0 Å². The molecule has 1 unspecified atom stereocenters. The van der Waals surface area contributed by atoms with E-state index in [0.717, 1.165) is 15.9 Å². The van der Waals surface area contributed by atoms with E-state index < -0.39 is 0 Å². The van der Waals surface area contributed by atoms with Crippen molar-refractivity contribution in [3.05, 3.63) is 27.2 Å². The van der Waals surface area contributed by atoms with Crippen LogP contribution < -0.4 is 5.32 Å². The van der Waals surface area contributed by atoms with Gasteiger partial charge in [0.15, 0.2) is 0 Å². The summed E-state index contributed by atoms with van der Waals surface area (Å²) < 4.78 is 1.08. The molecule has 76 valence electrons. The lowest BCUT2D eigenvalue weighted by Gasteiger charge is -2.27. The summed E-state index contributed by atoms with van der Waals surface area (Å²) in [7, 11) is 0. The highest BCUT2D eigenvalue weighted by Gasteiger charge is 2.18. The van der Waals surface area contributed by atoms with Gasteiger partial charge in [-0.15, -0.1) is 0 Å². The highest BCUT2D eigenvalue weighted by Crippen LogP contribution is 2.35. The van der Waals surface area contributed by atoms with Crippen LogP contribution in [0.4, 0.5) is 5.69 Å². The highest BCUT2D eigenvalue weighted by molar-refractivity contribution is 9.10. The van der Waals surface area contributed by atoms with Gasteiger partial charge in [0.2, 0.25) is 0 Å². The molecule has 1 aromatic rings. The number of fused-ring (bicyclic) bond motifs is 1. The molecule has 14 heavy (non-hydrogen) atoms. The molecule has 0 radical (unpaired) electrons. The van der Waals surface area contributed by atoms with Crippen LogP contribution in [0.1, 0.15) is 25.3 Å². The quantitative estimate of drug-likeness (QED) is 0.808. The van der Waals surface area contributed by atoms with Crippen LogP contribution in [0.15, 0.2) is 16.6 Å². The van der Waals surface area contributed by atoms with E-state index in [0.29, 0.717) is 6.04 Å². The second-order valence-corrected chi connectivity index (χ2v) is 5.00. The molecular formula is C11H13BrClN. The molecule has 3 heteroatoms. The fraction of sp³-hybridized carbons (Fsp3) is 0.455. The Morgan fingerprint density at radius 2 is 2.36 bits per heavy atom. The summed E-state index contributed by atoms with van der Waals surface area (Å²) in [5, 5.41) is 4.35. The van der Waals surface area contributed by atoms with Gasteiger partial charge in [0.05, 0.1) is 5.69 Å². The van der Waals surface area contributed by atoms with E-state index >= 15 is 0 Å². The van der Waals surface area contributed by atoms with Gasteiger partial charge < -0.3 is 5.32 Å². The van der Waals surface area contributed by atoms with Crippen LogP contribution in [0, 0.1) is 0 Å². The number of anilines is 1. The Labute approximate surface area is 98.0 Å². The number of aryl methyl sites for hydroxylation is 1. The Morgan fingerprint density at radius 1 is 1.57 bits per heavy atom. The zero-order chi connectivity index (χ0) is 10.1. The first kappa shape index (κ1) is 10.3. The van der Waals surface area contributed by atoms with Gasteiger partial charge in [-0.3, -0.25) is 0 Å². The Bertz CT molecular complexity index is 351. The summed E-state index contributed by atoms with van der Waals surface area (Å²) in [5.41, 5.74) is 2.56. The summed E-state index contributed by atoms with van der Waals surface area (Å²) in [5.74, 6) is 0. The van der Waals surface area contributed by atoms with Crippen molar-refractivity contribution in [1.82, 2.24) is 0 Å². The standard InChI is InChI=1S/C11H13BrClN/c1-2-9-4-3-7-5-8(13)6-10(12)11(7)14-9/h5-6,9,14H,2-4H2,1H3. The molecule has 1 nitrogen and oxygen atoms in total. The minimum atomic E-state index is 0.611. The second kappa shape index (κ2) is 4.11. The normalized spacial score (nSPS) is 20.1. The Balaban J connectivity index is 2.37. The monoisotopic (exact) mass is 273 g/mol. The minimum absolute atomic E-state index is 0.611. The maximum absolute atomic E-state index is 5.99. The molecule has 0 saturated carbocycles. The number of halogens is 2. The average molecular weight is 275 g/mol. The minimum Gasteiger partial charge on any atom is -0.381 e. The van der Waals surface area contributed by atoms with E-state index in [9.17, 15) is 0 Å². The smallest absolute Gasteiger partial charge is 0.0520 e. The van der Waals surface area contributed by atoms with E-state index in [1.54, 1.807) is 0 Å². The zero-order valence-electron chi connectivity index (χ0n) is 8.11. The summed E-state index contributed by atoms with van der Waals surface area (Å²) >= 11 is 9.54. The van der Waals surface area contributed by atoms with E-state index in [2.05, 4.69) is 34.2 Å². The largest absolute Gasteiger partial charge is 0.381 e. The van der Waals surface area contributed by atoms with E-state index in [4.69, 9.17) is 11.6 Å². The zero-order valence-corrected chi connectivity index (χ0v) is 10.5. The van der Waals surface area contributed by atoms with Gasteiger partial charge in [0.1, 0.15) is 0 Å². The van der Waals surface area contributed by atoms with Gasteiger partial charge >= 0.3 is 0 Å². The van der Waals surface area contributed by atoms with Crippen LogP contribution >= 0.6 is 27.5 Å². The van der Waals surface area contributed by atoms with Crippen LogP contribution in [0.25, 0.3) is 0 Å². The SMILES string of the molecule is CCC1CCc2cc(Cl)cc(Br)c2N1. The lowest BCUT2D eigenvalue weighted by Crippen LogP contribution is -2.24. The van der Waals surface area contributed by atoms with E-state index in [1.807, 2.05) is 6.07 Å². The Kier molecular flexibility index (Phi) is 3.03. The first-order valence-corrected chi connectivity index (χ1v) is 6.12. The number of nitrogens with one attached hydrogen (secondary N) is 1. The van der Waals surface area contributed by atoms with Gasteiger partial charge in [-0.2, -0.15) is 0 Å². The summed E-state index contributed by atoms with van der Waals surface area (Å²) in [6.45, 7) is 2.21. The van der Waals surface area contributed by atoms with Crippen molar-refractivity contribution in [2.45, 2.75) is 32.2 Å². The first-order valence-electron chi connectivity index (χ1n) is 4.95. The van der Waals surface area contributed by atoms with Gasteiger partial charge in [-0.1, -0.05) is 18.5 Å². The molecule has 0 saturated heterocycles. The van der Waals surface area contributed by atoms with Crippen LogP contribution in [0.2, 0.25) is 5.02 Å².